The van der Waals surface area contributed by atoms with Gasteiger partial charge in [-0.2, -0.15) is 0 Å². The average Bonchev–Trinajstić information content (AvgIpc) is 2.71. The van der Waals surface area contributed by atoms with Crippen molar-refractivity contribution in [1.82, 2.24) is 0 Å². The Labute approximate surface area is 100 Å². The van der Waals surface area contributed by atoms with Crippen molar-refractivity contribution in [2.45, 2.75) is 13.0 Å². The van der Waals surface area contributed by atoms with Crippen molar-refractivity contribution in [2.24, 2.45) is 0 Å². The Kier molecular flexibility index (Phi) is 3.22. The molecule has 0 spiro atoms. The molecule has 5 heteroatoms. The second kappa shape index (κ2) is 4.50. The van der Waals surface area contributed by atoms with E-state index in [0.29, 0.717) is 4.88 Å². The number of rotatable bonds is 2. The van der Waals surface area contributed by atoms with Crippen molar-refractivity contribution in [3.8, 4) is 0 Å². The molecule has 90 valence electrons. The molecule has 0 aliphatic rings. The van der Waals surface area contributed by atoms with E-state index in [1.54, 1.807) is 12.1 Å². The first kappa shape index (κ1) is 12.1. The molecule has 0 bridgehead atoms. The van der Waals surface area contributed by atoms with Crippen LogP contribution in [-0.4, -0.2) is 5.11 Å². The molecule has 1 aromatic carbocycles. The average molecular weight is 258 g/mol. The maximum atomic E-state index is 13.0. The number of halogens is 3. The summed E-state index contributed by atoms with van der Waals surface area (Å²) in [5, 5.41) is 9.90. The fourth-order valence-electron chi connectivity index (χ4n) is 1.50. The number of hydrogen-bond acceptors (Lipinski definition) is 2. The summed E-state index contributed by atoms with van der Waals surface area (Å²) in [6.45, 7) is 1.85. The lowest BCUT2D eigenvalue weighted by atomic mass is 10.1. The Morgan fingerprint density at radius 1 is 1.12 bits per heavy atom. The molecule has 0 unspecified atom stereocenters. The molecule has 0 amide bonds. The summed E-state index contributed by atoms with van der Waals surface area (Å²) >= 11 is 1.32. The Hall–Kier alpha value is -1.33. The summed E-state index contributed by atoms with van der Waals surface area (Å²) in [6, 6.07) is 5.07. The van der Waals surface area contributed by atoms with Gasteiger partial charge in [0.15, 0.2) is 17.5 Å². The van der Waals surface area contributed by atoms with E-state index in [-0.39, 0.29) is 5.56 Å². The van der Waals surface area contributed by atoms with Crippen LogP contribution in [0.15, 0.2) is 24.3 Å². The van der Waals surface area contributed by atoms with E-state index < -0.39 is 23.6 Å². The highest BCUT2D eigenvalue weighted by Crippen LogP contribution is 2.29. The molecular weight excluding hydrogens is 249 g/mol. The lowest BCUT2D eigenvalue weighted by Gasteiger charge is -2.09. The van der Waals surface area contributed by atoms with Crippen LogP contribution in [0.25, 0.3) is 0 Å². The Morgan fingerprint density at radius 3 is 2.18 bits per heavy atom. The van der Waals surface area contributed by atoms with Crippen molar-refractivity contribution in [3.63, 3.8) is 0 Å². The van der Waals surface area contributed by atoms with Gasteiger partial charge in [-0.3, -0.25) is 0 Å². The van der Waals surface area contributed by atoms with Gasteiger partial charge in [-0.1, -0.05) is 0 Å². The van der Waals surface area contributed by atoms with Crippen LogP contribution >= 0.6 is 11.3 Å². The first-order chi connectivity index (χ1) is 7.99. The number of thiophene rings is 1. The maximum Gasteiger partial charge on any atom is 0.194 e. The third kappa shape index (κ3) is 2.35. The van der Waals surface area contributed by atoms with Gasteiger partial charge < -0.3 is 5.11 Å². The predicted octanol–water partition coefficient (Wildman–Crippen LogP) is 3.56. The Morgan fingerprint density at radius 2 is 1.71 bits per heavy atom. The molecule has 0 fully saturated rings. The minimum absolute atomic E-state index is 0.00301. The van der Waals surface area contributed by atoms with Crippen LogP contribution in [0, 0.1) is 24.4 Å². The van der Waals surface area contributed by atoms with Crippen LogP contribution in [0.5, 0.6) is 0 Å². The normalized spacial score (nSPS) is 12.8. The number of benzene rings is 1. The molecule has 1 aromatic heterocycles. The first-order valence-corrected chi connectivity index (χ1v) is 5.69. The van der Waals surface area contributed by atoms with E-state index in [1.165, 1.54) is 11.3 Å². The SMILES string of the molecule is Cc1ccc([C@H](O)c2cc(F)c(F)c(F)c2)s1. The molecule has 0 saturated heterocycles. The van der Waals surface area contributed by atoms with Gasteiger partial charge in [-0.25, -0.2) is 13.2 Å². The molecule has 1 heterocycles. The zero-order valence-corrected chi connectivity index (χ0v) is 9.69. The van der Waals surface area contributed by atoms with Gasteiger partial charge in [0, 0.05) is 9.75 Å². The number of aryl methyl sites for hydroxylation is 1. The van der Waals surface area contributed by atoms with E-state index in [9.17, 15) is 18.3 Å². The van der Waals surface area contributed by atoms with Crippen molar-refractivity contribution in [3.05, 3.63) is 57.0 Å². The van der Waals surface area contributed by atoms with Gasteiger partial charge in [-0.15, -0.1) is 11.3 Å². The minimum atomic E-state index is -1.52. The summed E-state index contributed by atoms with van der Waals surface area (Å²) in [5.41, 5.74) is 0.00301. The van der Waals surface area contributed by atoms with Crippen molar-refractivity contribution in [2.75, 3.05) is 0 Å². The molecule has 0 aliphatic heterocycles. The zero-order valence-electron chi connectivity index (χ0n) is 8.88. The smallest absolute Gasteiger partial charge is 0.194 e. The largest absolute Gasteiger partial charge is 0.383 e. The summed E-state index contributed by atoms with van der Waals surface area (Å²) < 4.78 is 38.7. The molecule has 1 atom stereocenters. The van der Waals surface area contributed by atoms with Gasteiger partial charge >= 0.3 is 0 Å². The fraction of sp³-hybridized carbons (Fsp3) is 0.167. The van der Waals surface area contributed by atoms with Crippen LogP contribution in [-0.2, 0) is 0 Å². The summed E-state index contributed by atoms with van der Waals surface area (Å²) in [5.74, 6) is -4.12. The lowest BCUT2D eigenvalue weighted by molar-refractivity contribution is 0.222. The summed E-state index contributed by atoms with van der Waals surface area (Å²) in [7, 11) is 0. The van der Waals surface area contributed by atoms with Gasteiger partial charge in [-0.05, 0) is 36.8 Å². The van der Waals surface area contributed by atoms with E-state index in [1.807, 2.05) is 6.92 Å². The lowest BCUT2D eigenvalue weighted by Crippen LogP contribution is -2.01. The van der Waals surface area contributed by atoms with Gasteiger partial charge in [0.05, 0.1) is 0 Å². The molecule has 0 radical (unpaired) electrons. The number of hydrogen-bond donors (Lipinski definition) is 1. The Bertz CT molecular complexity index is 527. The third-order valence-corrected chi connectivity index (χ3v) is 3.41. The van der Waals surface area contributed by atoms with Crippen LogP contribution in [0.2, 0.25) is 0 Å². The van der Waals surface area contributed by atoms with Crippen LogP contribution < -0.4 is 0 Å². The fourth-order valence-corrected chi connectivity index (χ4v) is 2.39. The molecule has 0 saturated carbocycles. The minimum Gasteiger partial charge on any atom is -0.383 e. The molecule has 17 heavy (non-hydrogen) atoms. The second-order valence-corrected chi connectivity index (χ2v) is 4.97. The van der Waals surface area contributed by atoms with Crippen LogP contribution in [0.1, 0.15) is 21.4 Å². The standard InChI is InChI=1S/C12H9F3OS/c1-6-2-3-10(17-6)12(16)7-4-8(13)11(15)9(14)5-7/h2-5,12,16H,1H3/t12-/m1/s1. The molecule has 2 aromatic rings. The van der Waals surface area contributed by atoms with Crippen LogP contribution in [0.4, 0.5) is 13.2 Å². The molecular formula is C12H9F3OS. The predicted molar refractivity (Wildman–Crippen MR) is 59.4 cm³/mol. The van der Waals surface area contributed by atoms with Crippen molar-refractivity contribution >= 4 is 11.3 Å². The number of aliphatic hydroxyl groups is 1. The van der Waals surface area contributed by atoms with E-state index in [0.717, 1.165) is 17.0 Å². The van der Waals surface area contributed by atoms with Crippen LogP contribution in [0.3, 0.4) is 0 Å². The molecule has 2 rings (SSSR count). The maximum absolute atomic E-state index is 13.0. The molecule has 1 nitrogen and oxygen atoms in total. The Balaban J connectivity index is 2.41. The van der Waals surface area contributed by atoms with Gasteiger partial charge in [0.1, 0.15) is 6.10 Å². The van der Waals surface area contributed by atoms with Crippen molar-refractivity contribution < 1.29 is 18.3 Å². The van der Waals surface area contributed by atoms with Gasteiger partial charge in [0.2, 0.25) is 0 Å². The quantitative estimate of drug-likeness (QED) is 0.817. The topological polar surface area (TPSA) is 20.2 Å². The number of aliphatic hydroxyl groups excluding tert-OH is 1. The third-order valence-electron chi connectivity index (χ3n) is 2.35. The summed E-state index contributed by atoms with van der Waals surface area (Å²) in [4.78, 5) is 1.54. The zero-order chi connectivity index (χ0) is 12.6. The molecule has 1 N–H and O–H groups in total. The highest BCUT2D eigenvalue weighted by Gasteiger charge is 2.17. The van der Waals surface area contributed by atoms with E-state index in [2.05, 4.69) is 0 Å². The molecule has 0 aliphatic carbocycles. The highest BCUT2D eigenvalue weighted by atomic mass is 32.1. The monoisotopic (exact) mass is 258 g/mol. The van der Waals surface area contributed by atoms with E-state index >= 15 is 0 Å². The summed E-state index contributed by atoms with van der Waals surface area (Å²) in [6.07, 6.45) is -1.14. The highest BCUT2D eigenvalue weighted by molar-refractivity contribution is 7.12. The second-order valence-electron chi connectivity index (χ2n) is 3.65. The van der Waals surface area contributed by atoms with Gasteiger partial charge in [0.25, 0.3) is 0 Å². The first-order valence-electron chi connectivity index (χ1n) is 4.88. The van der Waals surface area contributed by atoms with E-state index in [4.69, 9.17) is 0 Å². The van der Waals surface area contributed by atoms with Crippen molar-refractivity contribution in [1.29, 1.82) is 0 Å².